The van der Waals surface area contributed by atoms with E-state index < -0.39 is 0 Å². The van der Waals surface area contributed by atoms with Gasteiger partial charge in [0.15, 0.2) is 0 Å². The Morgan fingerprint density at radius 1 is 1.26 bits per heavy atom. The van der Waals surface area contributed by atoms with Gasteiger partial charge < -0.3 is 0 Å². The zero-order valence-electron chi connectivity index (χ0n) is 13.5. The van der Waals surface area contributed by atoms with Crippen LogP contribution in [0.2, 0.25) is 0 Å². The first-order valence-corrected chi connectivity index (χ1v) is 9.95. The number of fused-ring (bicyclic) bond motifs is 3. The summed E-state index contributed by atoms with van der Waals surface area (Å²) in [7, 11) is 0. The lowest BCUT2D eigenvalue weighted by Gasteiger charge is -2.18. The molecule has 0 saturated heterocycles. The van der Waals surface area contributed by atoms with Crippen LogP contribution in [0.25, 0.3) is 10.2 Å². The second-order valence-corrected chi connectivity index (χ2v) is 8.47. The molecule has 23 heavy (non-hydrogen) atoms. The number of thiophene rings is 1. The van der Waals surface area contributed by atoms with E-state index in [2.05, 4.69) is 48.1 Å². The maximum absolute atomic E-state index is 4.61. The van der Waals surface area contributed by atoms with Gasteiger partial charge in [-0.1, -0.05) is 31.2 Å². The average Bonchev–Trinajstić information content (AvgIpc) is 2.92. The van der Waals surface area contributed by atoms with Crippen molar-refractivity contribution in [3.63, 3.8) is 0 Å². The molecule has 0 spiro atoms. The third-order valence-electron chi connectivity index (χ3n) is 4.68. The fourth-order valence-corrected chi connectivity index (χ4v) is 5.79. The van der Waals surface area contributed by atoms with Gasteiger partial charge in [-0.15, -0.1) is 23.1 Å². The molecule has 0 N–H and O–H groups in total. The van der Waals surface area contributed by atoms with Gasteiger partial charge in [-0.3, -0.25) is 0 Å². The van der Waals surface area contributed by atoms with Crippen molar-refractivity contribution in [3.8, 4) is 0 Å². The molecule has 0 amide bonds. The summed E-state index contributed by atoms with van der Waals surface area (Å²) in [6, 6.07) is 8.61. The molecule has 0 bridgehead atoms. The highest BCUT2D eigenvalue weighted by atomic mass is 32.2. The molecule has 2 heterocycles. The SMILES string of the molecule is Cc1ccccc1CSc1ncnc2sc3c(c12)CCC(C)C3. The minimum absolute atomic E-state index is 0.798. The van der Waals surface area contributed by atoms with Crippen molar-refractivity contribution in [3.05, 3.63) is 52.2 Å². The zero-order chi connectivity index (χ0) is 15.8. The molecular formula is C19H20N2S2. The summed E-state index contributed by atoms with van der Waals surface area (Å²) in [4.78, 5) is 11.9. The first-order valence-electron chi connectivity index (χ1n) is 8.15. The topological polar surface area (TPSA) is 25.8 Å². The third kappa shape index (κ3) is 2.90. The van der Waals surface area contributed by atoms with E-state index in [9.17, 15) is 0 Å². The number of aryl methyl sites for hydroxylation is 2. The van der Waals surface area contributed by atoms with Gasteiger partial charge in [0.25, 0.3) is 0 Å². The Kier molecular flexibility index (Phi) is 4.12. The number of hydrogen-bond donors (Lipinski definition) is 0. The van der Waals surface area contributed by atoms with E-state index in [-0.39, 0.29) is 0 Å². The van der Waals surface area contributed by atoms with Crippen LogP contribution in [-0.2, 0) is 18.6 Å². The number of aromatic nitrogens is 2. The average molecular weight is 341 g/mol. The van der Waals surface area contributed by atoms with Crippen LogP contribution in [0, 0.1) is 12.8 Å². The Balaban J connectivity index is 1.69. The monoisotopic (exact) mass is 340 g/mol. The van der Waals surface area contributed by atoms with E-state index in [1.807, 2.05) is 23.1 Å². The van der Waals surface area contributed by atoms with E-state index >= 15 is 0 Å². The highest BCUT2D eigenvalue weighted by Crippen LogP contribution is 2.41. The van der Waals surface area contributed by atoms with E-state index in [0.29, 0.717) is 0 Å². The van der Waals surface area contributed by atoms with Crippen LogP contribution < -0.4 is 0 Å². The number of nitrogens with zero attached hydrogens (tertiary/aromatic N) is 2. The predicted octanol–water partition coefficient (Wildman–Crippen LogP) is 5.42. The molecule has 2 nitrogen and oxygen atoms in total. The normalized spacial score (nSPS) is 17.4. The predicted molar refractivity (Wildman–Crippen MR) is 99.3 cm³/mol. The lowest BCUT2D eigenvalue weighted by Crippen LogP contribution is -2.08. The van der Waals surface area contributed by atoms with Gasteiger partial charge >= 0.3 is 0 Å². The number of benzene rings is 1. The second-order valence-electron chi connectivity index (χ2n) is 6.43. The second kappa shape index (κ2) is 6.25. The van der Waals surface area contributed by atoms with Crippen molar-refractivity contribution in [2.75, 3.05) is 0 Å². The van der Waals surface area contributed by atoms with Gasteiger partial charge in [-0.25, -0.2) is 9.97 Å². The minimum Gasteiger partial charge on any atom is -0.229 e. The fraction of sp³-hybridized carbons (Fsp3) is 0.368. The zero-order valence-corrected chi connectivity index (χ0v) is 15.1. The lowest BCUT2D eigenvalue weighted by molar-refractivity contribution is 0.509. The summed E-state index contributed by atoms with van der Waals surface area (Å²) in [5.41, 5.74) is 4.27. The molecule has 2 aromatic heterocycles. The molecule has 4 heteroatoms. The molecule has 1 aliphatic rings. The van der Waals surface area contributed by atoms with E-state index in [0.717, 1.165) is 16.7 Å². The molecule has 3 aromatic rings. The van der Waals surface area contributed by atoms with Gasteiger partial charge in [0.05, 0.1) is 0 Å². The highest BCUT2D eigenvalue weighted by Gasteiger charge is 2.23. The van der Waals surface area contributed by atoms with Crippen LogP contribution in [0.1, 0.15) is 34.9 Å². The molecule has 0 saturated carbocycles. The van der Waals surface area contributed by atoms with Crippen molar-refractivity contribution >= 4 is 33.3 Å². The van der Waals surface area contributed by atoms with Gasteiger partial charge in [0.1, 0.15) is 16.2 Å². The van der Waals surface area contributed by atoms with E-state index in [4.69, 9.17) is 0 Å². The molecule has 4 rings (SSSR count). The molecule has 1 aliphatic carbocycles. The largest absolute Gasteiger partial charge is 0.229 e. The first kappa shape index (κ1) is 15.2. The number of hydrogen-bond acceptors (Lipinski definition) is 4. The summed E-state index contributed by atoms with van der Waals surface area (Å²) < 4.78 is 0. The van der Waals surface area contributed by atoms with Crippen LogP contribution in [0.5, 0.6) is 0 Å². The standard InChI is InChI=1S/C19H20N2S2/c1-12-7-8-15-16(9-12)23-19-17(15)18(20-11-21-19)22-10-14-6-4-3-5-13(14)2/h3-6,11-12H,7-10H2,1-2H3. The van der Waals surface area contributed by atoms with E-state index in [1.165, 1.54) is 51.0 Å². The Morgan fingerprint density at radius 2 is 2.13 bits per heavy atom. The quantitative estimate of drug-likeness (QED) is 0.470. The van der Waals surface area contributed by atoms with Gasteiger partial charge in [0.2, 0.25) is 0 Å². The Labute approximate surface area is 145 Å². The molecule has 0 fully saturated rings. The third-order valence-corrected chi connectivity index (χ3v) is 6.88. The molecule has 1 unspecified atom stereocenters. The summed E-state index contributed by atoms with van der Waals surface area (Å²) in [6.45, 7) is 4.53. The smallest absolute Gasteiger partial charge is 0.128 e. The highest BCUT2D eigenvalue weighted by molar-refractivity contribution is 7.98. The molecule has 0 radical (unpaired) electrons. The maximum Gasteiger partial charge on any atom is 0.128 e. The maximum atomic E-state index is 4.61. The Bertz CT molecular complexity index is 854. The van der Waals surface area contributed by atoms with Crippen LogP contribution in [0.4, 0.5) is 0 Å². The summed E-state index contributed by atoms with van der Waals surface area (Å²) in [6.07, 6.45) is 5.41. The van der Waals surface area contributed by atoms with Crippen molar-refractivity contribution in [1.29, 1.82) is 0 Å². The minimum atomic E-state index is 0.798. The van der Waals surface area contributed by atoms with Crippen LogP contribution in [0.3, 0.4) is 0 Å². The van der Waals surface area contributed by atoms with Crippen molar-refractivity contribution < 1.29 is 0 Å². The molecule has 118 valence electrons. The van der Waals surface area contributed by atoms with Crippen molar-refractivity contribution in [1.82, 2.24) is 9.97 Å². The van der Waals surface area contributed by atoms with Gasteiger partial charge in [-0.05, 0) is 48.8 Å². The molecule has 1 atom stereocenters. The first-order chi connectivity index (χ1) is 11.2. The lowest BCUT2D eigenvalue weighted by atomic mass is 9.89. The Morgan fingerprint density at radius 3 is 3.00 bits per heavy atom. The van der Waals surface area contributed by atoms with Gasteiger partial charge in [0, 0.05) is 16.0 Å². The van der Waals surface area contributed by atoms with Gasteiger partial charge in [-0.2, -0.15) is 0 Å². The fourth-order valence-electron chi connectivity index (χ4n) is 3.27. The van der Waals surface area contributed by atoms with Crippen LogP contribution >= 0.6 is 23.1 Å². The van der Waals surface area contributed by atoms with Crippen molar-refractivity contribution in [2.24, 2.45) is 5.92 Å². The summed E-state index contributed by atoms with van der Waals surface area (Å²) in [5.74, 6) is 1.77. The summed E-state index contributed by atoms with van der Waals surface area (Å²) in [5, 5.41) is 2.49. The molecule has 1 aromatic carbocycles. The molecular weight excluding hydrogens is 320 g/mol. The molecule has 0 aliphatic heterocycles. The van der Waals surface area contributed by atoms with Crippen LogP contribution in [0.15, 0.2) is 35.6 Å². The number of rotatable bonds is 3. The summed E-state index contributed by atoms with van der Waals surface area (Å²) >= 11 is 3.73. The van der Waals surface area contributed by atoms with Crippen LogP contribution in [-0.4, -0.2) is 9.97 Å². The Hall–Kier alpha value is -1.39. The van der Waals surface area contributed by atoms with Crippen molar-refractivity contribution in [2.45, 2.75) is 43.9 Å². The van der Waals surface area contributed by atoms with E-state index in [1.54, 1.807) is 6.33 Å². The number of thioether (sulfide) groups is 1.